The van der Waals surface area contributed by atoms with E-state index in [9.17, 15) is 0 Å². The van der Waals surface area contributed by atoms with Crippen LogP contribution in [-0.2, 0) is 4.74 Å². The molecule has 0 fully saturated rings. The number of ether oxygens (including phenoxy) is 1. The van der Waals surface area contributed by atoms with Crippen molar-refractivity contribution in [3.8, 4) is 0 Å². The second kappa shape index (κ2) is 5.65. The molecule has 0 aliphatic carbocycles. The molecule has 1 rings (SSSR count). The number of nitrogens with two attached hydrogens (primary N) is 1. The average molecular weight is 239 g/mol. The molecule has 2 atom stereocenters. The molecule has 0 bridgehead atoms. The van der Waals surface area contributed by atoms with Crippen LogP contribution in [0.2, 0.25) is 0 Å². The van der Waals surface area contributed by atoms with E-state index in [0.29, 0.717) is 12.6 Å². The van der Waals surface area contributed by atoms with E-state index in [2.05, 4.69) is 32.8 Å². The van der Waals surface area contributed by atoms with Gasteiger partial charge < -0.3 is 10.5 Å². The molecule has 0 radical (unpaired) electrons. The van der Waals surface area contributed by atoms with Gasteiger partial charge in [0.1, 0.15) is 0 Å². The van der Waals surface area contributed by atoms with Crippen LogP contribution in [0.3, 0.4) is 0 Å². The van der Waals surface area contributed by atoms with Crippen LogP contribution >= 0.6 is 0 Å². The SMILES string of the molecule is CCOC(C)(CC)C(N)c1ccnn1C(C)C. The highest BCUT2D eigenvalue weighted by molar-refractivity contribution is 5.12. The second-order valence-corrected chi connectivity index (χ2v) is 4.87. The molecule has 0 spiro atoms. The van der Waals surface area contributed by atoms with E-state index < -0.39 is 0 Å². The van der Waals surface area contributed by atoms with Crippen LogP contribution in [0.5, 0.6) is 0 Å². The Kier molecular flexibility index (Phi) is 4.71. The van der Waals surface area contributed by atoms with Gasteiger partial charge >= 0.3 is 0 Å². The average Bonchev–Trinajstić information content (AvgIpc) is 2.77. The van der Waals surface area contributed by atoms with Gasteiger partial charge in [-0.1, -0.05) is 6.92 Å². The highest BCUT2D eigenvalue weighted by Gasteiger charge is 2.33. The Balaban J connectivity index is 3.01. The van der Waals surface area contributed by atoms with Crippen LogP contribution in [0, 0.1) is 0 Å². The first-order valence-electron chi connectivity index (χ1n) is 6.39. The first-order valence-corrected chi connectivity index (χ1v) is 6.39. The van der Waals surface area contributed by atoms with Gasteiger partial charge in [-0.15, -0.1) is 0 Å². The van der Waals surface area contributed by atoms with E-state index in [0.717, 1.165) is 12.1 Å². The number of rotatable bonds is 6. The minimum Gasteiger partial charge on any atom is -0.374 e. The third kappa shape index (κ3) is 2.87. The number of hydrogen-bond donors (Lipinski definition) is 1. The van der Waals surface area contributed by atoms with E-state index >= 15 is 0 Å². The summed E-state index contributed by atoms with van der Waals surface area (Å²) in [6.45, 7) is 11.1. The van der Waals surface area contributed by atoms with Crippen molar-refractivity contribution in [3.63, 3.8) is 0 Å². The summed E-state index contributed by atoms with van der Waals surface area (Å²) in [4.78, 5) is 0. The van der Waals surface area contributed by atoms with Gasteiger partial charge in [0.2, 0.25) is 0 Å². The Labute approximate surface area is 104 Å². The normalized spacial score (nSPS) is 17.1. The summed E-state index contributed by atoms with van der Waals surface area (Å²) in [6, 6.07) is 2.14. The lowest BCUT2D eigenvalue weighted by molar-refractivity contribution is -0.0491. The van der Waals surface area contributed by atoms with Gasteiger partial charge in [-0.2, -0.15) is 5.10 Å². The summed E-state index contributed by atoms with van der Waals surface area (Å²) in [6.07, 6.45) is 2.68. The van der Waals surface area contributed by atoms with Crippen molar-refractivity contribution in [1.82, 2.24) is 9.78 Å². The van der Waals surface area contributed by atoms with Crippen molar-refractivity contribution in [2.24, 2.45) is 5.73 Å². The Morgan fingerprint density at radius 2 is 2.12 bits per heavy atom. The Morgan fingerprint density at radius 3 is 2.59 bits per heavy atom. The largest absolute Gasteiger partial charge is 0.374 e. The van der Waals surface area contributed by atoms with E-state index in [-0.39, 0.29) is 11.6 Å². The molecule has 0 amide bonds. The number of aromatic nitrogens is 2. The number of nitrogens with zero attached hydrogens (tertiary/aromatic N) is 2. The van der Waals surface area contributed by atoms with Crippen molar-refractivity contribution in [3.05, 3.63) is 18.0 Å². The molecule has 1 aromatic heterocycles. The molecule has 0 aliphatic heterocycles. The predicted octanol–water partition coefficient (Wildman–Crippen LogP) is 2.67. The maximum absolute atomic E-state index is 6.37. The lowest BCUT2D eigenvalue weighted by atomic mass is 9.91. The molecule has 98 valence electrons. The summed E-state index contributed by atoms with van der Waals surface area (Å²) in [5.41, 5.74) is 7.08. The molecule has 0 saturated heterocycles. The van der Waals surface area contributed by atoms with Gasteiger partial charge in [0.25, 0.3) is 0 Å². The highest BCUT2D eigenvalue weighted by Crippen LogP contribution is 2.30. The topological polar surface area (TPSA) is 53.1 Å². The van der Waals surface area contributed by atoms with Crippen LogP contribution in [0.4, 0.5) is 0 Å². The van der Waals surface area contributed by atoms with E-state index in [1.807, 2.05) is 17.7 Å². The first-order chi connectivity index (χ1) is 7.96. The molecule has 1 heterocycles. The van der Waals surface area contributed by atoms with E-state index in [4.69, 9.17) is 10.5 Å². The molecule has 4 heteroatoms. The van der Waals surface area contributed by atoms with Crippen LogP contribution in [0.25, 0.3) is 0 Å². The predicted molar refractivity (Wildman–Crippen MR) is 69.9 cm³/mol. The van der Waals surface area contributed by atoms with E-state index in [1.165, 1.54) is 0 Å². The zero-order valence-electron chi connectivity index (χ0n) is 11.6. The standard InChI is InChI=1S/C13H25N3O/c1-6-13(5,17-7-2)12(14)11-8-9-15-16(11)10(3)4/h8-10,12H,6-7,14H2,1-5H3. The van der Waals surface area contributed by atoms with Crippen molar-refractivity contribution in [2.45, 2.75) is 58.7 Å². The number of hydrogen-bond acceptors (Lipinski definition) is 3. The fourth-order valence-electron chi connectivity index (χ4n) is 2.06. The van der Waals surface area contributed by atoms with E-state index in [1.54, 1.807) is 6.20 Å². The van der Waals surface area contributed by atoms with Crippen LogP contribution in [0.1, 0.15) is 58.8 Å². The molecule has 0 saturated carbocycles. The van der Waals surface area contributed by atoms with Gasteiger partial charge in [-0.3, -0.25) is 4.68 Å². The third-order valence-electron chi connectivity index (χ3n) is 3.34. The summed E-state index contributed by atoms with van der Waals surface area (Å²) >= 11 is 0. The Bertz CT molecular complexity index is 348. The smallest absolute Gasteiger partial charge is 0.0858 e. The molecule has 2 unspecified atom stereocenters. The molecule has 0 aromatic carbocycles. The summed E-state index contributed by atoms with van der Waals surface area (Å²) < 4.78 is 7.80. The minimum absolute atomic E-state index is 0.155. The van der Waals surface area contributed by atoms with Crippen molar-refractivity contribution < 1.29 is 4.74 Å². The van der Waals surface area contributed by atoms with Gasteiger partial charge in [-0.05, 0) is 40.2 Å². The molecule has 2 N–H and O–H groups in total. The summed E-state index contributed by atoms with van der Waals surface area (Å²) in [7, 11) is 0. The fraction of sp³-hybridized carbons (Fsp3) is 0.769. The van der Waals surface area contributed by atoms with Crippen LogP contribution < -0.4 is 5.73 Å². The van der Waals surface area contributed by atoms with Gasteiger partial charge in [0.05, 0.1) is 17.3 Å². The van der Waals surface area contributed by atoms with Crippen LogP contribution in [0.15, 0.2) is 12.3 Å². The molecule has 4 nitrogen and oxygen atoms in total. The lowest BCUT2D eigenvalue weighted by Crippen LogP contribution is -2.41. The second-order valence-electron chi connectivity index (χ2n) is 4.87. The zero-order chi connectivity index (χ0) is 13.1. The molecular weight excluding hydrogens is 214 g/mol. The van der Waals surface area contributed by atoms with Crippen LogP contribution in [-0.4, -0.2) is 22.0 Å². The van der Waals surface area contributed by atoms with Crippen molar-refractivity contribution in [1.29, 1.82) is 0 Å². The molecular formula is C13H25N3O. The Hall–Kier alpha value is -0.870. The quantitative estimate of drug-likeness (QED) is 0.830. The highest BCUT2D eigenvalue weighted by atomic mass is 16.5. The minimum atomic E-state index is -0.332. The summed E-state index contributed by atoms with van der Waals surface area (Å²) in [5, 5.41) is 4.33. The summed E-state index contributed by atoms with van der Waals surface area (Å²) in [5.74, 6) is 0. The fourth-order valence-corrected chi connectivity index (χ4v) is 2.06. The van der Waals surface area contributed by atoms with Crippen molar-refractivity contribution >= 4 is 0 Å². The zero-order valence-corrected chi connectivity index (χ0v) is 11.6. The van der Waals surface area contributed by atoms with Gasteiger partial charge in [-0.25, -0.2) is 0 Å². The van der Waals surface area contributed by atoms with Crippen molar-refractivity contribution in [2.75, 3.05) is 6.61 Å². The van der Waals surface area contributed by atoms with Gasteiger partial charge in [0.15, 0.2) is 0 Å². The monoisotopic (exact) mass is 239 g/mol. The maximum Gasteiger partial charge on any atom is 0.0858 e. The molecule has 17 heavy (non-hydrogen) atoms. The molecule has 1 aromatic rings. The molecule has 0 aliphatic rings. The Morgan fingerprint density at radius 1 is 1.47 bits per heavy atom. The van der Waals surface area contributed by atoms with Gasteiger partial charge in [0, 0.05) is 18.8 Å². The third-order valence-corrected chi connectivity index (χ3v) is 3.34. The first kappa shape index (κ1) is 14.2. The maximum atomic E-state index is 6.37. The lowest BCUT2D eigenvalue weighted by Gasteiger charge is -2.35.